The fraction of sp³-hybridized carbons (Fsp3) is 0.138. The van der Waals surface area contributed by atoms with Crippen LogP contribution >= 0.6 is 0 Å². The molecule has 10 heteroatoms. The van der Waals surface area contributed by atoms with E-state index >= 15 is 0 Å². The van der Waals surface area contributed by atoms with Gasteiger partial charge < -0.3 is 19.2 Å². The van der Waals surface area contributed by atoms with Crippen molar-refractivity contribution in [2.45, 2.75) is 20.3 Å². The first-order valence-corrected chi connectivity index (χ1v) is 12.1. The number of fused-ring (bicyclic) bond motifs is 1. The molecule has 2 aromatic heterocycles. The predicted octanol–water partition coefficient (Wildman–Crippen LogP) is 5.94. The van der Waals surface area contributed by atoms with E-state index in [4.69, 9.17) is 13.9 Å². The number of para-hydroxylation sites is 1. The third-order valence-corrected chi connectivity index (χ3v) is 5.94. The number of carbonyl (C=O) groups excluding carboxylic acids is 1. The molecule has 0 aliphatic carbocycles. The molecular weight excluding hydrogens is 508 g/mol. The van der Waals surface area contributed by atoms with Crippen LogP contribution in [0.4, 0.5) is 14.5 Å². The molecule has 198 valence electrons. The molecule has 0 radical (unpaired) electrons. The number of aromatic nitrogens is 2. The number of rotatable bonds is 8. The van der Waals surface area contributed by atoms with Crippen LogP contribution in [0.2, 0.25) is 0 Å². The number of hydrogen-bond acceptors (Lipinski definition) is 6. The number of carbonyl (C=O) groups is 1. The summed E-state index contributed by atoms with van der Waals surface area (Å²) in [5.41, 5.74) is 1.51. The minimum atomic E-state index is -1.07. The maximum atomic E-state index is 13.4. The highest BCUT2D eigenvalue weighted by Crippen LogP contribution is 2.30. The zero-order chi connectivity index (χ0) is 27.5. The van der Waals surface area contributed by atoms with E-state index in [1.807, 2.05) is 37.3 Å². The Balaban J connectivity index is 1.36. The van der Waals surface area contributed by atoms with E-state index < -0.39 is 24.1 Å². The molecule has 0 saturated heterocycles. The van der Waals surface area contributed by atoms with Gasteiger partial charge in [0.05, 0.1) is 23.5 Å². The van der Waals surface area contributed by atoms with Crippen molar-refractivity contribution in [2.24, 2.45) is 0 Å². The first-order valence-electron chi connectivity index (χ1n) is 12.1. The van der Waals surface area contributed by atoms with Crippen LogP contribution in [0, 0.1) is 18.6 Å². The Labute approximate surface area is 221 Å². The van der Waals surface area contributed by atoms with Crippen molar-refractivity contribution in [3.05, 3.63) is 106 Å². The number of nitrogens with zero attached hydrogens (tertiary/aromatic N) is 2. The Kier molecular flexibility index (Phi) is 7.09. The number of benzene rings is 3. The van der Waals surface area contributed by atoms with Crippen molar-refractivity contribution in [3.63, 3.8) is 0 Å². The van der Waals surface area contributed by atoms with Crippen LogP contribution in [0.3, 0.4) is 0 Å². The van der Waals surface area contributed by atoms with Gasteiger partial charge in [0.15, 0.2) is 24.0 Å². The average Bonchev–Trinajstić information content (AvgIpc) is 3.41. The number of halogens is 2. The fourth-order valence-electron chi connectivity index (χ4n) is 4.00. The number of ether oxygens (including phenoxy) is 2. The molecule has 1 amide bonds. The molecule has 39 heavy (non-hydrogen) atoms. The van der Waals surface area contributed by atoms with Crippen molar-refractivity contribution in [1.29, 1.82) is 0 Å². The van der Waals surface area contributed by atoms with Crippen molar-refractivity contribution >= 4 is 22.6 Å². The fourth-order valence-corrected chi connectivity index (χ4v) is 4.00. The van der Waals surface area contributed by atoms with Crippen LogP contribution in [0.15, 0.2) is 82.3 Å². The summed E-state index contributed by atoms with van der Waals surface area (Å²) in [5.74, 6) is -1.64. The molecule has 1 N–H and O–H groups in total. The molecule has 0 spiro atoms. The molecule has 0 fully saturated rings. The van der Waals surface area contributed by atoms with E-state index in [2.05, 4.69) is 10.4 Å². The molecule has 0 unspecified atom stereocenters. The maximum Gasteiger partial charge on any atom is 0.262 e. The van der Waals surface area contributed by atoms with Gasteiger partial charge in [0.1, 0.15) is 17.1 Å². The third kappa shape index (κ3) is 5.49. The number of aryl methyl sites for hydroxylation is 2. The zero-order valence-electron chi connectivity index (χ0n) is 21.0. The number of nitrogens with one attached hydrogen (secondary N) is 1. The van der Waals surface area contributed by atoms with Gasteiger partial charge in [-0.25, -0.2) is 13.5 Å². The normalized spacial score (nSPS) is 11.0. The average molecular weight is 532 g/mol. The highest BCUT2D eigenvalue weighted by molar-refractivity contribution is 5.92. The zero-order valence-corrected chi connectivity index (χ0v) is 21.0. The second-order valence-electron chi connectivity index (χ2n) is 8.65. The van der Waals surface area contributed by atoms with E-state index in [0.29, 0.717) is 28.9 Å². The molecular formula is C29H23F2N3O5. The van der Waals surface area contributed by atoms with Gasteiger partial charge in [0.2, 0.25) is 11.2 Å². The SMILES string of the molecule is CCc1cc2c(=O)c(Oc3cnn(-c4ccccc4)c3)c(C)oc2cc1OCC(=O)Nc1ccc(F)c(F)c1. The van der Waals surface area contributed by atoms with Crippen molar-refractivity contribution in [3.8, 4) is 22.9 Å². The van der Waals surface area contributed by atoms with Crippen molar-refractivity contribution in [1.82, 2.24) is 9.78 Å². The summed E-state index contributed by atoms with van der Waals surface area (Å²) in [4.78, 5) is 25.7. The second kappa shape index (κ2) is 10.8. The van der Waals surface area contributed by atoms with Gasteiger partial charge in [-0.1, -0.05) is 25.1 Å². The smallest absolute Gasteiger partial charge is 0.262 e. The highest BCUT2D eigenvalue weighted by Gasteiger charge is 2.18. The van der Waals surface area contributed by atoms with Gasteiger partial charge in [0.25, 0.3) is 5.91 Å². The lowest BCUT2D eigenvalue weighted by Crippen LogP contribution is -2.20. The first kappa shape index (κ1) is 25.7. The van der Waals surface area contributed by atoms with Gasteiger partial charge in [-0.15, -0.1) is 0 Å². The molecule has 2 heterocycles. The molecule has 3 aromatic carbocycles. The van der Waals surface area contributed by atoms with Gasteiger partial charge in [-0.05, 0) is 49.2 Å². The lowest BCUT2D eigenvalue weighted by molar-refractivity contribution is -0.118. The number of anilines is 1. The highest BCUT2D eigenvalue weighted by atomic mass is 19.2. The van der Waals surface area contributed by atoms with Crippen LogP contribution < -0.4 is 20.2 Å². The Hall–Kier alpha value is -4.99. The van der Waals surface area contributed by atoms with Crippen molar-refractivity contribution < 1.29 is 27.5 Å². The quantitative estimate of drug-likeness (QED) is 0.266. The molecule has 0 aliphatic heterocycles. The van der Waals surface area contributed by atoms with Gasteiger partial charge in [-0.2, -0.15) is 5.10 Å². The van der Waals surface area contributed by atoms with Crippen molar-refractivity contribution in [2.75, 3.05) is 11.9 Å². The van der Waals surface area contributed by atoms with Crippen LogP contribution in [-0.4, -0.2) is 22.3 Å². The summed E-state index contributed by atoms with van der Waals surface area (Å²) < 4.78 is 45.6. The van der Waals surface area contributed by atoms with E-state index in [0.717, 1.165) is 17.8 Å². The topological polar surface area (TPSA) is 95.6 Å². The Bertz CT molecular complexity index is 1730. The Morgan fingerprint density at radius 1 is 1.08 bits per heavy atom. The number of amides is 1. The van der Waals surface area contributed by atoms with Gasteiger partial charge in [0, 0.05) is 17.8 Å². The minimum absolute atomic E-state index is 0.0386. The standard InChI is InChI=1S/C29H23F2N3O5/c1-3-18-11-22-26(13-25(18)37-16-27(35)33-19-9-10-23(30)24(31)12-19)38-17(2)29(28(22)36)39-21-14-32-34(15-21)20-7-5-4-6-8-20/h4-15H,3,16H2,1-2H3,(H,33,35). The second-order valence-corrected chi connectivity index (χ2v) is 8.65. The van der Waals surface area contributed by atoms with E-state index in [9.17, 15) is 18.4 Å². The molecule has 5 aromatic rings. The molecule has 0 aliphatic rings. The molecule has 5 rings (SSSR count). The third-order valence-electron chi connectivity index (χ3n) is 5.94. The van der Waals surface area contributed by atoms with E-state index in [-0.39, 0.29) is 28.2 Å². The molecule has 0 saturated carbocycles. The Morgan fingerprint density at radius 3 is 2.62 bits per heavy atom. The largest absolute Gasteiger partial charge is 0.483 e. The summed E-state index contributed by atoms with van der Waals surface area (Å²) in [7, 11) is 0. The van der Waals surface area contributed by atoms with Crippen LogP contribution in [0.25, 0.3) is 16.7 Å². The minimum Gasteiger partial charge on any atom is -0.483 e. The van der Waals surface area contributed by atoms with E-state index in [1.54, 1.807) is 29.9 Å². The lowest BCUT2D eigenvalue weighted by atomic mass is 10.1. The maximum absolute atomic E-state index is 13.4. The van der Waals surface area contributed by atoms with Gasteiger partial charge in [-0.3, -0.25) is 9.59 Å². The predicted molar refractivity (Wildman–Crippen MR) is 141 cm³/mol. The monoisotopic (exact) mass is 531 g/mol. The number of hydrogen-bond donors (Lipinski definition) is 1. The lowest BCUT2D eigenvalue weighted by Gasteiger charge is -2.13. The van der Waals surface area contributed by atoms with Crippen LogP contribution in [0.1, 0.15) is 18.2 Å². The van der Waals surface area contributed by atoms with Crippen LogP contribution in [-0.2, 0) is 11.2 Å². The van der Waals surface area contributed by atoms with Crippen LogP contribution in [0.5, 0.6) is 17.2 Å². The summed E-state index contributed by atoms with van der Waals surface area (Å²) in [6, 6.07) is 15.7. The van der Waals surface area contributed by atoms with E-state index in [1.165, 1.54) is 12.3 Å². The summed E-state index contributed by atoms with van der Waals surface area (Å²) >= 11 is 0. The summed E-state index contributed by atoms with van der Waals surface area (Å²) in [6.07, 6.45) is 3.68. The molecule has 0 atom stereocenters. The first-order chi connectivity index (χ1) is 18.8. The summed E-state index contributed by atoms with van der Waals surface area (Å²) in [6.45, 7) is 3.09. The molecule has 8 nitrogen and oxygen atoms in total. The van der Waals surface area contributed by atoms with Gasteiger partial charge >= 0.3 is 0 Å². The summed E-state index contributed by atoms with van der Waals surface area (Å²) in [5, 5.41) is 7.03. The Morgan fingerprint density at radius 2 is 1.87 bits per heavy atom. The molecule has 0 bridgehead atoms.